The predicted octanol–water partition coefficient (Wildman–Crippen LogP) is 1.20. The maximum absolute atomic E-state index is 13.5. The highest BCUT2D eigenvalue weighted by molar-refractivity contribution is 6.40. The zero-order valence-electron chi connectivity index (χ0n) is 8.98. The van der Waals surface area contributed by atoms with Gasteiger partial charge in [0.25, 0.3) is 5.78 Å². The zero-order chi connectivity index (χ0) is 12.6. The number of ether oxygens (including phenoxy) is 1. The Bertz CT molecular complexity index is 509. The zero-order valence-corrected chi connectivity index (χ0v) is 8.98. The molecule has 2 unspecified atom stereocenters. The Labute approximate surface area is 96.4 Å². The first-order chi connectivity index (χ1) is 8.02. The van der Waals surface area contributed by atoms with E-state index in [1.54, 1.807) is 6.07 Å². The third-order valence-corrected chi connectivity index (χ3v) is 2.67. The molecule has 1 aliphatic heterocycles. The molecule has 2 rings (SSSR count). The lowest BCUT2D eigenvalue weighted by atomic mass is 9.91. The minimum absolute atomic E-state index is 0.0481. The maximum atomic E-state index is 13.5. The molecule has 2 atom stereocenters. The fraction of sp³-hybridized carbons (Fsp3) is 0.250. The van der Waals surface area contributed by atoms with Crippen molar-refractivity contribution < 1.29 is 23.5 Å². The predicted molar refractivity (Wildman–Crippen MR) is 54.4 cm³/mol. The molecule has 0 bridgehead atoms. The van der Waals surface area contributed by atoms with Gasteiger partial charge < -0.3 is 4.74 Å². The van der Waals surface area contributed by atoms with E-state index in [1.807, 2.05) is 0 Å². The highest BCUT2D eigenvalue weighted by Gasteiger charge is 2.47. The number of carbonyl (C=O) groups is 3. The van der Waals surface area contributed by atoms with Crippen molar-refractivity contribution in [2.75, 3.05) is 0 Å². The van der Waals surface area contributed by atoms with Crippen LogP contribution in [0.3, 0.4) is 0 Å². The summed E-state index contributed by atoms with van der Waals surface area (Å²) >= 11 is 0. The highest BCUT2D eigenvalue weighted by Crippen LogP contribution is 2.34. The van der Waals surface area contributed by atoms with Gasteiger partial charge in [-0.2, -0.15) is 0 Å². The van der Waals surface area contributed by atoms with Crippen molar-refractivity contribution in [3.05, 3.63) is 35.6 Å². The van der Waals surface area contributed by atoms with E-state index < -0.39 is 35.4 Å². The van der Waals surface area contributed by atoms with E-state index in [2.05, 4.69) is 0 Å². The summed E-state index contributed by atoms with van der Waals surface area (Å²) in [5, 5.41) is 0. The van der Waals surface area contributed by atoms with E-state index in [9.17, 15) is 18.8 Å². The van der Waals surface area contributed by atoms with E-state index in [-0.39, 0.29) is 5.56 Å². The Morgan fingerprint density at radius 1 is 1.29 bits per heavy atom. The standard InChI is InChI=1S/C12H9FO4/c1-6(14)9-10(15)12(16)17-11(9)7-4-2-3-5-8(7)13/h2-5,9,11H,1H3. The second-order valence-corrected chi connectivity index (χ2v) is 3.80. The number of benzene rings is 1. The summed E-state index contributed by atoms with van der Waals surface area (Å²) < 4.78 is 18.3. The van der Waals surface area contributed by atoms with Crippen LogP contribution >= 0.6 is 0 Å². The van der Waals surface area contributed by atoms with E-state index in [4.69, 9.17) is 4.74 Å². The number of Topliss-reactive ketones (excluding diaryl/α,β-unsaturated/α-hetero) is 2. The maximum Gasteiger partial charge on any atom is 0.376 e. The van der Waals surface area contributed by atoms with Gasteiger partial charge in [-0.25, -0.2) is 9.18 Å². The minimum Gasteiger partial charge on any atom is -0.450 e. The van der Waals surface area contributed by atoms with Crippen LogP contribution in [0.5, 0.6) is 0 Å². The minimum atomic E-state index is -1.24. The van der Waals surface area contributed by atoms with E-state index in [0.29, 0.717) is 0 Å². The molecule has 5 heteroatoms. The molecule has 0 amide bonds. The molecule has 1 saturated heterocycles. The Morgan fingerprint density at radius 2 is 1.94 bits per heavy atom. The molecule has 1 heterocycles. The van der Waals surface area contributed by atoms with Crippen molar-refractivity contribution in [1.82, 2.24) is 0 Å². The highest BCUT2D eigenvalue weighted by atomic mass is 19.1. The largest absolute Gasteiger partial charge is 0.450 e. The molecule has 1 fully saturated rings. The molecule has 1 aromatic rings. The van der Waals surface area contributed by atoms with Crippen molar-refractivity contribution >= 4 is 17.5 Å². The number of hydrogen-bond donors (Lipinski definition) is 0. The number of halogens is 1. The van der Waals surface area contributed by atoms with Gasteiger partial charge >= 0.3 is 5.97 Å². The van der Waals surface area contributed by atoms with Crippen LogP contribution in [0.2, 0.25) is 0 Å². The van der Waals surface area contributed by atoms with E-state index in [0.717, 1.165) is 0 Å². The van der Waals surface area contributed by atoms with Gasteiger partial charge in [-0.1, -0.05) is 18.2 Å². The van der Waals surface area contributed by atoms with E-state index >= 15 is 0 Å². The van der Waals surface area contributed by atoms with Crippen LogP contribution in [0.25, 0.3) is 0 Å². The molecule has 0 saturated carbocycles. The number of cyclic esters (lactones) is 1. The summed E-state index contributed by atoms with van der Waals surface area (Å²) in [5.74, 6) is -4.34. The molecular weight excluding hydrogens is 227 g/mol. The van der Waals surface area contributed by atoms with Gasteiger partial charge in [0.05, 0.1) is 0 Å². The Hall–Kier alpha value is -2.04. The van der Waals surface area contributed by atoms with Crippen LogP contribution in [-0.4, -0.2) is 17.5 Å². The molecule has 17 heavy (non-hydrogen) atoms. The van der Waals surface area contributed by atoms with Crippen molar-refractivity contribution in [3.8, 4) is 0 Å². The Morgan fingerprint density at radius 3 is 2.53 bits per heavy atom. The summed E-state index contributed by atoms with van der Waals surface area (Å²) in [7, 11) is 0. The SMILES string of the molecule is CC(=O)C1C(=O)C(=O)OC1c1ccccc1F. The van der Waals surface area contributed by atoms with Gasteiger partial charge in [-0.3, -0.25) is 9.59 Å². The van der Waals surface area contributed by atoms with Gasteiger partial charge in [0.2, 0.25) is 0 Å². The first-order valence-corrected chi connectivity index (χ1v) is 5.02. The fourth-order valence-corrected chi connectivity index (χ4v) is 1.85. The Kier molecular flexibility index (Phi) is 2.75. The molecule has 88 valence electrons. The lowest BCUT2D eigenvalue weighted by Gasteiger charge is -2.14. The smallest absolute Gasteiger partial charge is 0.376 e. The average Bonchev–Trinajstić information content (AvgIpc) is 2.56. The van der Waals surface area contributed by atoms with Gasteiger partial charge in [-0.05, 0) is 13.0 Å². The summed E-state index contributed by atoms with van der Waals surface area (Å²) in [6, 6.07) is 5.59. The molecule has 4 nitrogen and oxygen atoms in total. The van der Waals surface area contributed by atoms with Crippen molar-refractivity contribution in [3.63, 3.8) is 0 Å². The third kappa shape index (κ3) is 1.84. The molecule has 0 aromatic heterocycles. The van der Waals surface area contributed by atoms with Crippen molar-refractivity contribution in [1.29, 1.82) is 0 Å². The van der Waals surface area contributed by atoms with Crippen LogP contribution in [0.1, 0.15) is 18.6 Å². The first kappa shape index (κ1) is 11.4. The molecular formula is C12H9FO4. The number of ketones is 2. The summed E-state index contributed by atoms with van der Waals surface area (Å²) in [4.78, 5) is 33.9. The number of esters is 1. The molecule has 0 N–H and O–H groups in total. The molecule has 0 aliphatic carbocycles. The summed E-state index contributed by atoms with van der Waals surface area (Å²) in [6.45, 7) is 1.18. The van der Waals surface area contributed by atoms with Gasteiger partial charge in [0.15, 0.2) is 0 Å². The van der Waals surface area contributed by atoms with Gasteiger partial charge in [-0.15, -0.1) is 0 Å². The number of carbonyl (C=O) groups excluding carboxylic acids is 3. The Balaban J connectivity index is 2.45. The van der Waals surface area contributed by atoms with Crippen LogP contribution in [-0.2, 0) is 19.1 Å². The molecule has 1 aromatic carbocycles. The van der Waals surface area contributed by atoms with Crippen LogP contribution in [0, 0.1) is 11.7 Å². The lowest BCUT2D eigenvalue weighted by Crippen LogP contribution is -2.23. The van der Waals surface area contributed by atoms with Crippen molar-refractivity contribution in [2.24, 2.45) is 5.92 Å². The monoisotopic (exact) mass is 236 g/mol. The summed E-state index contributed by atoms with van der Waals surface area (Å²) in [6.07, 6.45) is -1.14. The normalized spacial score (nSPS) is 23.6. The second kappa shape index (κ2) is 4.08. The van der Waals surface area contributed by atoms with Crippen LogP contribution in [0.4, 0.5) is 4.39 Å². The van der Waals surface area contributed by atoms with Gasteiger partial charge in [0.1, 0.15) is 23.6 Å². The number of rotatable bonds is 2. The first-order valence-electron chi connectivity index (χ1n) is 5.02. The number of hydrogen-bond acceptors (Lipinski definition) is 4. The van der Waals surface area contributed by atoms with E-state index in [1.165, 1.54) is 25.1 Å². The lowest BCUT2D eigenvalue weighted by molar-refractivity contribution is -0.149. The quantitative estimate of drug-likeness (QED) is 0.439. The van der Waals surface area contributed by atoms with Gasteiger partial charge in [0, 0.05) is 5.56 Å². The molecule has 0 radical (unpaired) electrons. The topological polar surface area (TPSA) is 60.4 Å². The molecule has 0 spiro atoms. The summed E-state index contributed by atoms with van der Waals surface area (Å²) in [5.41, 5.74) is 0.0481. The third-order valence-electron chi connectivity index (χ3n) is 2.67. The molecule has 1 aliphatic rings. The second-order valence-electron chi connectivity index (χ2n) is 3.80. The van der Waals surface area contributed by atoms with Crippen molar-refractivity contribution in [2.45, 2.75) is 13.0 Å². The van der Waals surface area contributed by atoms with Crippen LogP contribution in [0.15, 0.2) is 24.3 Å². The fourth-order valence-electron chi connectivity index (χ4n) is 1.85. The average molecular weight is 236 g/mol. The van der Waals surface area contributed by atoms with Crippen LogP contribution < -0.4 is 0 Å².